The van der Waals surface area contributed by atoms with Crippen molar-refractivity contribution in [1.82, 2.24) is 5.43 Å². The lowest BCUT2D eigenvalue weighted by Gasteiger charge is -2.10. The van der Waals surface area contributed by atoms with Crippen molar-refractivity contribution >= 4 is 11.6 Å². The maximum absolute atomic E-state index is 13.1. The van der Waals surface area contributed by atoms with Gasteiger partial charge in [0, 0.05) is 17.1 Å². The molecule has 0 aliphatic carbocycles. The molecule has 0 aromatic heterocycles. The molecule has 4 N–H and O–H groups in total. The summed E-state index contributed by atoms with van der Waals surface area (Å²) in [4.78, 5) is 0. The molecule has 0 radical (unpaired) electrons. The van der Waals surface area contributed by atoms with Crippen molar-refractivity contribution < 1.29 is 9.50 Å². The molecule has 1 atom stereocenters. The molecule has 0 spiro atoms. The smallest absolute Gasteiger partial charge is 0.129 e. The summed E-state index contributed by atoms with van der Waals surface area (Å²) in [7, 11) is 0. The number of benzene rings is 1. The number of hydrogen-bond acceptors (Lipinski definition) is 3. The van der Waals surface area contributed by atoms with Gasteiger partial charge in [0.1, 0.15) is 5.82 Å². The van der Waals surface area contributed by atoms with Crippen LogP contribution in [0.1, 0.15) is 11.7 Å². The Hall–Kier alpha value is -0.680. The summed E-state index contributed by atoms with van der Waals surface area (Å²) in [5.41, 5.74) is 2.40. The number of hydrogen-bond donors (Lipinski definition) is 3. The van der Waals surface area contributed by atoms with E-state index in [-0.39, 0.29) is 12.1 Å². The van der Waals surface area contributed by atoms with E-state index in [4.69, 9.17) is 17.4 Å². The molecule has 1 aromatic carbocycles. The van der Waals surface area contributed by atoms with E-state index in [0.717, 1.165) is 0 Å². The van der Waals surface area contributed by atoms with Crippen LogP contribution in [0, 0.1) is 5.82 Å². The highest BCUT2D eigenvalue weighted by molar-refractivity contribution is 6.30. The van der Waals surface area contributed by atoms with Crippen LogP contribution in [0.25, 0.3) is 0 Å². The molecule has 1 rings (SSSR count). The third-order valence-electron chi connectivity index (χ3n) is 1.63. The Morgan fingerprint density at radius 2 is 2.31 bits per heavy atom. The predicted octanol–water partition coefficient (Wildman–Crippen LogP) is 0.976. The predicted molar refractivity (Wildman–Crippen MR) is 48.6 cm³/mol. The van der Waals surface area contributed by atoms with E-state index in [1.807, 2.05) is 0 Å². The van der Waals surface area contributed by atoms with E-state index < -0.39 is 11.9 Å². The molecular formula is C8H10ClFN2O. The van der Waals surface area contributed by atoms with Gasteiger partial charge in [-0.15, -0.1) is 0 Å². The standard InChI is InChI=1S/C8H10ClFN2O/c9-5-1-2-7(10)6(3-5)8(13)4-12-11/h1-3,8,12-13H,4,11H2. The van der Waals surface area contributed by atoms with Crippen LogP contribution in [0.4, 0.5) is 4.39 Å². The second kappa shape index (κ2) is 4.53. The molecule has 0 saturated heterocycles. The molecule has 72 valence electrons. The number of rotatable bonds is 3. The molecule has 0 heterocycles. The number of nitrogens with one attached hydrogen (secondary N) is 1. The van der Waals surface area contributed by atoms with Gasteiger partial charge in [-0.05, 0) is 18.2 Å². The van der Waals surface area contributed by atoms with Gasteiger partial charge in [0.2, 0.25) is 0 Å². The highest BCUT2D eigenvalue weighted by Crippen LogP contribution is 2.20. The Morgan fingerprint density at radius 3 is 2.92 bits per heavy atom. The van der Waals surface area contributed by atoms with E-state index >= 15 is 0 Å². The Bertz CT molecular complexity index is 295. The fourth-order valence-electron chi connectivity index (χ4n) is 0.992. The van der Waals surface area contributed by atoms with E-state index in [9.17, 15) is 9.50 Å². The SMILES string of the molecule is NNCC(O)c1cc(Cl)ccc1F. The van der Waals surface area contributed by atoms with Crippen molar-refractivity contribution in [1.29, 1.82) is 0 Å². The van der Waals surface area contributed by atoms with E-state index in [1.165, 1.54) is 18.2 Å². The van der Waals surface area contributed by atoms with Crippen molar-refractivity contribution in [3.63, 3.8) is 0 Å². The van der Waals surface area contributed by atoms with Crippen LogP contribution >= 0.6 is 11.6 Å². The van der Waals surface area contributed by atoms with Crippen LogP contribution in [0.2, 0.25) is 5.02 Å². The topological polar surface area (TPSA) is 58.3 Å². The monoisotopic (exact) mass is 204 g/mol. The van der Waals surface area contributed by atoms with Gasteiger partial charge >= 0.3 is 0 Å². The molecule has 0 amide bonds. The molecule has 0 bridgehead atoms. The zero-order valence-electron chi connectivity index (χ0n) is 6.80. The normalized spacial score (nSPS) is 12.9. The average Bonchev–Trinajstić information content (AvgIpc) is 2.09. The number of aliphatic hydroxyl groups is 1. The van der Waals surface area contributed by atoms with Crippen LogP contribution in [0.15, 0.2) is 18.2 Å². The highest BCUT2D eigenvalue weighted by atomic mass is 35.5. The molecule has 0 fully saturated rings. The maximum Gasteiger partial charge on any atom is 0.129 e. The van der Waals surface area contributed by atoms with Crippen molar-refractivity contribution in [2.75, 3.05) is 6.54 Å². The van der Waals surface area contributed by atoms with Gasteiger partial charge in [-0.2, -0.15) is 0 Å². The quantitative estimate of drug-likeness (QED) is 0.508. The van der Waals surface area contributed by atoms with Gasteiger partial charge in [0.15, 0.2) is 0 Å². The zero-order valence-corrected chi connectivity index (χ0v) is 7.55. The zero-order chi connectivity index (χ0) is 9.84. The highest BCUT2D eigenvalue weighted by Gasteiger charge is 2.11. The van der Waals surface area contributed by atoms with Crippen molar-refractivity contribution in [2.24, 2.45) is 5.84 Å². The second-order valence-corrected chi connectivity index (χ2v) is 3.03. The minimum atomic E-state index is -0.983. The molecule has 13 heavy (non-hydrogen) atoms. The fourth-order valence-corrected chi connectivity index (χ4v) is 1.17. The summed E-state index contributed by atoms with van der Waals surface area (Å²) < 4.78 is 13.1. The van der Waals surface area contributed by atoms with E-state index in [1.54, 1.807) is 0 Å². The molecule has 0 aliphatic heterocycles. The fraction of sp³-hybridized carbons (Fsp3) is 0.250. The van der Waals surface area contributed by atoms with Crippen molar-refractivity contribution in [3.8, 4) is 0 Å². The summed E-state index contributed by atoms with van der Waals surface area (Å²) in [5.74, 6) is 4.50. The summed E-state index contributed by atoms with van der Waals surface area (Å²) >= 11 is 5.63. The Morgan fingerprint density at radius 1 is 1.62 bits per heavy atom. The maximum atomic E-state index is 13.1. The Kier molecular flexibility index (Phi) is 3.62. The van der Waals surface area contributed by atoms with E-state index in [0.29, 0.717) is 5.02 Å². The van der Waals surface area contributed by atoms with Crippen molar-refractivity contribution in [3.05, 3.63) is 34.6 Å². The summed E-state index contributed by atoms with van der Waals surface area (Å²) in [6, 6.07) is 4.00. The average molecular weight is 205 g/mol. The van der Waals surface area contributed by atoms with Gasteiger partial charge in [-0.3, -0.25) is 11.3 Å². The van der Waals surface area contributed by atoms with Crippen LogP contribution in [-0.2, 0) is 0 Å². The molecule has 0 saturated carbocycles. The Labute approximate surface area is 80.3 Å². The minimum absolute atomic E-state index is 0.0806. The second-order valence-electron chi connectivity index (χ2n) is 2.59. The Balaban J connectivity index is 2.91. The lowest BCUT2D eigenvalue weighted by Crippen LogP contribution is -2.28. The first-order valence-corrected chi connectivity index (χ1v) is 4.09. The number of aliphatic hydroxyl groups excluding tert-OH is 1. The first-order valence-electron chi connectivity index (χ1n) is 3.71. The minimum Gasteiger partial charge on any atom is -0.387 e. The van der Waals surface area contributed by atoms with Crippen molar-refractivity contribution in [2.45, 2.75) is 6.10 Å². The molecular weight excluding hydrogens is 195 g/mol. The first-order chi connectivity index (χ1) is 6.15. The summed E-state index contributed by atoms with van der Waals surface area (Å²) in [6.45, 7) is 0.0806. The number of hydrazine groups is 1. The van der Waals surface area contributed by atoms with Crippen LogP contribution < -0.4 is 11.3 Å². The summed E-state index contributed by atoms with van der Waals surface area (Å²) in [5, 5.41) is 9.77. The van der Waals surface area contributed by atoms with Crippen LogP contribution in [0.3, 0.4) is 0 Å². The molecule has 5 heteroatoms. The number of halogens is 2. The first kappa shape index (κ1) is 10.4. The number of nitrogens with two attached hydrogens (primary N) is 1. The molecule has 1 unspecified atom stereocenters. The lowest BCUT2D eigenvalue weighted by atomic mass is 10.1. The largest absolute Gasteiger partial charge is 0.387 e. The van der Waals surface area contributed by atoms with Gasteiger partial charge in [0.25, 0.3) is 0 Å². The molecule has 0 aliphatic rings. The van der Waals surface area contributed by atoms with Crippen LogP contribution in [-0.4, -0.2) is 11.7 Å². The van der Waals surface area contributed by atoms with Gasteiger partial charge in [0.05, 0.1) is 6.10 Å². The van der Waals surface area contributed by atoms with Gasteiger partial charge in [-0.1, -0.05) is 11.6 Å². The van der Waals surface area contributed by atoms with E-state index in [2.05, 4.69) is 5.43 Å². The molecule has 1 aromatic rings. The summed E-state index contributed by atoms with van der Waals surface area (Å²) in [6.07, 6.45) is -0.983. The lowest BCUT2D eigenvalue weighted by molar-refractivity contribution is 0.170. The molecule has 3 nitrogen and oxygen atoms in total. The third kappa shape index (κ3) is 2.63. The van der Waals surface area contributed by atoms with Gasteiger partial charge in [-0.25, -0.2) is 4.39 Å². The van der Waals surface area contributed by atoms with Gasteiger partial charge < -0.3 is 5.11 Å². The third-order valence-corrected chi connectivity index (χ3v) is 1.86. The van der Waals surface area contributed by atoms with Crippen LogP contribution in [0.5, 0.6) is 0 Å².